The second-order valence-electron chi connectivity index (χ2n) is 2.31. The number of aromatic nitrogens is 1. The van der Waals surface area contributed by atoms with Crippen molar-refractivity contribution in [1.29, 1.82) is 5.26 Å². The van der Waals surface area contributed by atoms with Crippen LogP contribution in [-0.4, -0.2) is 4.98 Å². The first-order valence-electron chi connectivity index (χ1n) is 3.32. The molecular formula is C8H4N2O2. The molecule has 2 aromatic rings. The van der Waals surface area contributed by atoms with E-state index < -0.39 is 0 Å². The molecule has 0 saturated carbocycles. The number of aromatic amines is 1. The predicted octanol–water partition coefficient (Wildman–Crippen LogP) is 0.993. The van der Waals surface area contributed by atoms with Gasteiger partial charge in [-0.15, -0.1) is 0 Å². The normalized spacial score (nSPS) is 9.92. The Kier molecular flexibility index (Phi) is 1.25. The van der Waals surface area contributed by atoms with E-state index in [2.05, 4.69) is 4.98 Å². The van der Waals surface area contributed by atoms with Crippen LogP contribution in [0.15, 0.2) is 27.7 Å². The molecule has 0 aliphatic carbocycles. The first-order chi connectivity index (χ1) is 5.83. The number of H-pyrrole nitrogens is 1. The van der Waals surface area contributed by atoms with Crippen LogP contribution in [0.4, 0.5) is 0 Å². The lowest BCUT2D eigenvalue weighted by atomic mass is 10.2. The number of nitrogens with zero attached hydrogens (tertiary/aromatic N) is 1. The molecule has 2 aromatic heterocycles. The summed E-state index contributed by atoms with van der Waals surface area (Å²) >= 11 is 0. The summed E-state index contributed by atoms with van der Waals surface area (Å²) in [5, 5.41) is 9.02. The average Bonchev–Trinajstić information content (AvgIpc) is 2.54. The van der Waals surface area contributed by atoms with E-state index in [1.807, 2.05) is 6.07 Å². The fourth-order valence-corrected chi connectivity index (χ4v) is 1.06. The zero-order chi connectivity index (χ0) is 8.55. The number of nitrogens with one attached hydrogen (secondary N) is 1. The topological polar surface area (TPSA) is 69.8 Å². The second-order valence-corrected chi connectivity index (χ2v) is 2.31. The molecule has 0 radical (unpaired) electrons. The largest absolute Gasteiger partial charge is 0.463 e. The van der Waals surface area contributed by atoms with E-state index in [0.29, 0.717) is 16.5 Å². The van der Waals surface area contributed by atoms with E-state index in [9.17, 15) is 4.79 Å². The highest BCUT2D eigenvalue weighted by atomic mass is 16.3. The summed E-state index contributed by atoms with van der Waals surface area (Å²) < 4.78 is 4.98. The van der Waals surface area contributed by atoms with Gasteiger partial charge in [-0.2, -0.15) is 5.26 Å². The Bertz CT molecular complexity index is 516. The molecule has 2 heterocycles. The molecule has 0 unspecified atom stereocenters. The van der Waals surface area contributed by atoms with Crippen molar-refractivity contribution in [3.8, 4) is 6.07 Å². The number of hydrogen-bond acceptors (Lipinski definition) is 3. The summed E-state index contributed by atoms with van der Waals surface area (Å²) in [6.07, 6.45) is 2.73. The predicted molar refractivity (Wildman–Crippen MR) is 41.5 cm³/mol. The van der Waals surface area contributed by atoms with Gasteiger partial charge < -0.3 is 9.40 Å². The smallest absolute Gasteiger partial charge is 0.259 e. The van der Waals surface area contributed by atoms with Gasteiger partial charge in [-0.05, 0) is 6.07 Å². The van der Waals surface area contributed by atoms with Crippen molar-refractivity contribution < 1.29 is 4.42 Å². The van der Waals surface area contributed by atoms with Crippen molar-refractivity contribution >= 4 is 11.0 Å². The maximum Gasteiger partial charge on any atom is 0.259 e. The third-order valence-electron chi connectivity index (χ3n) is 1.62. The van der Waals surface area contributed by atoms with E-state index >= 15 is 0 Å². The Morgan fingerprint density at radius 2 is 2.42 bits per heavy atom. The first kappa shape index (κ1) is 6.68. The molecule has 4 heteroatoms. The molecule has 0 bridgehead atoms. The molecule has 12 heavy (non-hydrogen) atoms. The molecule has 0 saturated heterocycles. The summed E-state index contributed by atoms with van der Waals surface area (Å²) in [5.74, 6) is 0. The van der Waals surface area contributed by atoms with Crippen LogP contribution in [-0.2, 0) is 0 Å². The Labute approximate surface area is 67.0 Å². The standard InChI is InChI=1S/C8H4N2O2/c9-3-5-4-10-8(11)6-1-2-12-7(5)6/h1-2,4H,(H,10,11). The van der Waals surface area contributed by atoms with E-state index in [1.165, 1.54) is 18.5 Å². The van der Waals surface area contributed by atoms with Crippen molar-refractivity contribution in [3.05, 3.63) is 34.4 Å². The summed E-state index contributed by atoms with van der Waals surface area (Å²) in [6.45, 7) is 0. The molecular weight excluding hydrogens is 156 g/mol. The van der Waals surface area contributed by atoms with Gasteiger partial charge in [-0.25, -0.2) is 0 Å². The van der Waals surface area contributed by atoms with Crippen LogP contribution >= 0.6 is 0 Å². The number of nitriles is 1. The Hall–Kier alpha value is -2.02. The molecule has 58 valence electrons. The van der Waals surface area contributed by atoms with Gasteiger partial charge in [-0.3, -0.25) is 4.79 Å². The minimum atomic E-state index is -0.238. The van der Waals surface area contributed by atoms with Crippen molar-refractivity contribution in [3.63, 3.8) is 0 Å². The van der Waals surface area contributed by atoms with E-state index in [1.54, 1.807) is 0 Å². The molecule has 4 nitrogen and oxygen atoms in total. The van der Waals surface area contributed by atoms with Gasteiger partial charge in [0.15, 0.2) is 5.58 Å². The van der Waals surface area contributed by atoms with E-state index in [-0.39, 0.29) is 5.56 Å². The van der Waals surface area contributed by atoms with Gasteiger partial charge >= 0.3 is 0 Å². The van der Waals surface area contributed by atoms with Gasteiger partial charge in [0, 0.05) is 6.20 Å². The number of fused-ring (bicyclic) bond motifs is 1. The maximum atomic E-state index is 11.1. The van der Waals surface area contributed by atoms with Crippen LogP contribution in [0, 0.1) is 11.3 Å². The van der Waals surface area contributed by atoms with Crippen molar-refractivity contribution in [2.45, 2.75) is 0 Å². The third kappa shape index (κ3) is 0.736. The fourth-order valence-electron chi connectivity index (χ4n) is 1.06. The van der Waals surface area contributed by atoms with Crippen LogP contribution < -0.4 is 5.56 Å². The molecule has 2 rings (SSSR count). The minimum absolute atomic E-state index is 0.238. The monoisotopic (exact) mass is 160 g/mol. The number of furan rings is 1. The number of pyridine rings is 1. The van der Waals surface area contributed by atoms with Crippen LogP contribution in [0.25, 0.3) is 11.0 Å². The van der Waals surface area contributed by atoms with Crippen LogP contribution in [0.2, 0.25) is 0 Å². The van der Waals surface area contributed by atoms with E-state index in [0.717, 1.165) is 0 Å². The molecule has 0 atom stereocenters. The second kappa shape index (κ2) is 2.24. The Morgan fingerprint density at radius 3 is 3.17 bits per heavy atom. The molecule has 0 amide bonds. The Balaban J connectivity index is 3.04. The molecule has 0 aromatic carbocycles. The highest BCUT2D eigenvalue weighted by molar-refractivity contribution is 5.81. The van der Waals surface area contributed by atoms with Crippen molar-refractivity contribution in [2.24, 2.45) is 0 Å². The summed E-state index contributed by atoms with van der Waals surface area (Å²) in [6, 6.07) is 3.46. The van der Waals surface area contributed by atoms with Gasteiger partial charge in [0.05, 0.1) is 11.6 Å². The van der Waals surface area contributed by atoms with Gasteiger partial charge in [-0.1, -0.05) is 0 Å². The molecule has 1 N–H and O–H groups in total. The van der Waals surface area contributed by atoms with Gasteiger partial charge in [0.2, 0.25) is 0 Å². The molecule has 0 aliphatic heterocycles. The number of hydrogen-bond donors (Lipinski definition) is 1. The zero-order valence-electron chi connectivity index (χ0n) is 6.00. The average molecular weight is 160 g/mol. The fraction of sp³-hybridized carbons (Fsp3) is 0. The number of rotatable bonds is 0. The molecule has 0 fully saturated rings. The van der Waals surface area contributed by atoms with Crippen molar-refractivity contribution in [1.82, 2.24) is 4.98 Å². The first-order valence-corrected chi connectivity index (χ1v) is 3.32. The Morgan fingerprint density at radius 1 is 1.58 bits per heavy atom. The summed E-state index contributed by atoms with van der Waals surface area (Å²) in [7, 11) is 0. The highest BCUT2D eigenvalue weighted by Gasteiger charge is 2.05. The van der Waals surface area contributed by atoms with E-state index in [4.69, 9.17) is 9.68 Å². The van der Waals surface area contributed by atoms with Crippen molar-refractivity contribution in [2.75, 3.05) is 0 Å². The quantitative estimate of drug-likeness (QED) is 0.624. The maximum absolute atomic E-state index is 11.1. The lowest BCUT2D eigenvalue weighted by Crippen LogP contribution is -2.04. The summed E-state index contributed by atoms with van der Waals surface area (Å²) in [4.78, 5) is 13.5. The summed E-state index contributed by atoms with van der Waals surface area (Å²) in [5.41, 5.74) is 0.452. The minimum Gasteiger partial charge on any atom is -0.463 e. The zero-order valence-corrected chi connectivity index (χ0v) is 6.00. The molecule has 0 aliphatic rings. The lowest BCUT2D eigenvalue weighted by molar-refractivity contribution is 0.614. The SMILES string of the molecule is N#Cc1c[nH]c(=O)c2ccoc12. The lowest BCUT2D eigenvalue weighted by Gasteiger charge is -1.88. The van der Waals surface area contributed by atoms with Crippen LogP contribution in [0.1, 0.15) is 5.56 Å². The van der Waals surface area contributed by atoms with Gasteiger partial charge in [0.25, 0.3) is 5.56 Å². The highest BCUT2D eigenvalue weighted by Crippen LogP contribution is 2.13. The molecule has 0 spiro atoms. The van der Waals surface area contributed by atoms with Crippen LogP contribution in [0.5, 0.6) is 0 Å². The van der Waals surface area contributed by atoms with Crippen LogP contribution in [0.3, 0.4) is 0 Å². The third-order valence-corrected chi connectivity index (χ3v) is 1.62. The van der Waals surface area contributed by atoms with Gasteiger partial charge in [0.1, 0.15) is 11.6 Å².